The van der Waals surface area contributed by atoms with E-state index < -0.39 is 0 Å². The van der Waals surface area contributed by atoms with Crippen LogP contribution in [0, 0.1) is 6.92 Å². The van der Waals surface area contributed by atoms with Gasteiger partial charge < -0.3 is 5.32 Å². The normalized spacial score (nSPS) is 12.2. The van der Waals surface area contributed by atoms with Gasteiger partial charge in [0.25, 0.3) is 5.91 Å². The van der Waals surface area contributed by atoms with Gasteiger partial charge in [-0.1, -0.05) is 0 Å². The molecule has 2 aromatic rings. The molecule has 0 saturated carbocycles. The molecule has 1 amide bonds. The quantitative estimate of drug-likeness (QED) is 0.882. The van der Waals surface area contributed by atoms with Crippen molar-refractivity contribution >= 4 is 33.2 Å². The molecule has 0 saturated heterocycles. The van der Waals surface area contributed by atoms with Gasteiger partial charge in [0.1, 0.15) is 9.61 Å². The molecule has 0 aliphatic heterocycles. The van der Waals surface area contributed by atoms with Crippen LogP contribution < -0.4 is 5.32 Å². The fourth-order valence-electron chi connectivity index (χ4n) is 1.46. The van der Waals surface area contributed by atoms with Crippen LogP contribution in [0.3, 0.4) is 0 Å². The first-order valence-electron chi connectivity index (χ1n) is 5.40. The zero-order valence-corrected chi connectivity index (χ0v) is 12.4. The van der Waals surface area contributed by atoms with Crippen LogP contribution >= 0.6 is 27.3 Å². The number of hydrogen-bond donors (Lipinski definition) is 1. The van der Waals surface area contributed by atoms with Crippen LogP contribution in [-0.4, -0.2) is 15.9 Å². The summed E-state index contributed by atoms with van der Waals surface area (Å²) in [5.41, 5.74) is 1.56. The Morgan fingerprint density at radius 1 is 1.56 bits per heavy atom. The molecule has 0 aromatic carbocycles. The molecule has 6 heteroatoms. The SMILES string of the molecule is Cc1csc(C(C)NC(=O)c2ccnc(Br)c2)n1. The minimum absolute atomic E-state index is 0.0943. The molecule has 94 valence electrons. The van der Waals surface area contributed by atoms with Crippen molar-refractivity contribution in [1.82, 2.24) is 15.3 Å². The number of aryl methyl sites for hydroxylation is 1. The van der Waals surface area contributed by atoms with Crippen LogP contribution in [0.4, 0.5) is 0 Å². The van der Waals surface area contributed by atoms with E-state index in [2.05, 4.69) is 31.2 Å². The molecule has 0 radical (unpaired) electrons. The highest BCUT2D eigenvalue weighted by molar-refractivity contribution is 9.10. The molecule has 0 bridgehead atoms. The van der Waals surface area contributed by atoms with Gasteiger partial charge in [0.05, 0.1) is 6.04 Å². The number of amides is 1. The highest BCUT2D eigenvalue weighted by Gasteiger charge is 2.14. The first kappa shape index (κ1) is 13.2. The Hall–Kier alpha value is -1.27. The third-order valence-electron chi connectivity index (χ3n) is 2.34. The summed E-state index contributed by atoms with van der Waals surface area (Å²) < 4.78 is 0.646. The second kappa shape index (κ2) is 5.58. The van der Waals surface area contributed by atoms with E-state index in [9.17, 15) is 4.79 Å². The summed E-state index contributed by atoms with van der Waals surface area (Å²) in [6.07, 6.45) is 1.59. The molecule has 1 atom stereocenters. The molecule has 2 rings (SSSR count). The summed E-state index contributed by atoms with van der Waals surface area (Å²) >= 11 is 4.79. The van der Waals surface area contributed by atoms with Crippen LogP contribution in [0.5, 0.6) is 0 Å². The smallest absolute Gasteiger partial charge is 0.251 e. The number of nitrogens with one attached hydrogen (secondary N) is 1. The Morgan fingerprint density at radius 2 is 2.33 bits per heavy atom. The number of nitrogens with zero attached hydrogens (tertiary/aromatic N) is 2. The largest absolute Gasteiger partial charge is 0.343 e. The summed E-state index contributed by atoms with van der Waals surface area (Å²) in [6, 6.07) is 3.28. The molecule has 0 fully saturated rings. The first-order valence-corrected chi connectivity index (χ1v) is 7.08. The van der Waals surface area contributed by atoms with Crippen LogP contribution in [0.2, 0.25) is 0 Å². The van der Waals surface area contributed by atoms with Crippen molar-refractivity contribution in [2.24, 2.45) is 0 Å². The first-order chi connectivity index (χ1) is 8.56. The number of hydrogen-bond acceptors (Lipinski definition) is 4. The van der Waals surface area contributed by atoms with Gasteiger partial charge in [-0.05, 0) is 41.9 Å². The zero-order valence-electron chi connectivity index (χ0n) is 9.98. The topological polar surface area (TPSA) is 54.9 Å². The Labute approximate surface area is 118 Å². The molecule has 18 heavy (non-hydrogen) atoms. The molecule has 0 aliphatic carbocycles. The third kappa shape index (κ3) is 3.14. The van der Waals surface area contributed by atoms with E-state index >= 15 is 0 Å². The third-order valence-corrected chi connectivity index (χ3v) is 3.92. The lowest BCUT2D eigenvalue weighted by Gasteiger charge is -2.11. The maximum absolute atomic E-state index is 12.0. The lowest BCUT2D eigenvalue weighted by Crippen LogP contribution is -2.26. The minimum atomic E-state index is -0.126. The fourth-order valence-corrected chi connectivity index (χ4v) is 2.63. The van der Waals surface area contributed by atoms with Crippen LogP contribution in [-0.2, 0) is 0 Å². The molecular weight excluding hydrogens is 314 g/mol. The van der Waals surface area contributed by atoms with Gasteiger partial charge in [-0.2, -0.15) is 0 Å². The highest BCUT2D eigenvalue weighted by atomic mass is 79.9. The van der Waals surface area contributed by atoms with Crippen molar-refractivity contribution in [3.05, 3.63) is 44.6 Å². The summed E-state index contributed by atoms with van der Waals surface area (Å²) in [5.74, 6) is -0.126. The van der Waals surface area contributed by atoms with Crippen molar-refractivity contribution in [2.75, 3.05) is 0 Å². The fraction of sp³-hybridized carbons (Fsp3) is 0.250. The standard InChI is InChI=1S/C12H12BrN3OS/c1-7-6-18-12(15-7)8(2)16-11(17)9-3-4-14-10(13)5-9/h3-6,8H,1-2H3,(H,16,17). The summed E-state index contributed by atoms with van der Waals surface area (Å²) in [4.78, 5) is 20.4. The van der Waals surface area contributed by atoms with E-state index in [1.807, 2.05) is 19.2 Å². The van der Waals surface area contributed by atoms with Crippen molar-refractivity contribution < 1.29 is 4.79 Å². The number of halogens is 1. The van der Waals surface area contributed by atoms with Gasteiger partial charge in [0.15, 0.2) is 0 Å². The van der Waals surface area contributed by atoms with Crippen LogP contribution in [0.15, 0.2) is 28.3 Å². The summed E-state index contributed by atoms with van der Waals surface area (Å²) in [6.45, 7) is 3.86. The number of rotatable bonds is 3. The zero-order chi connectivity index (χ0) is 13.1. The molecular formula is C12H12BrN3OS. The molecule has 1 unspecified atom stereocenters. The average Bonchev–Trinajstić information content (AvgIpc) is 2.76. The number of pyridine rings is 1. The van der Waals surface area contributed by atoms with E-state index in [-0.39, 0.29) is 11.9 Å². The second-order valence-corrected chi connectivity index (χ2v) is 5.59. The van der Waals surface area contributed by atoms with Crippen molar-refractivity contribution in [2.45, 2.75) is 19.9 Å². The monoisotopic (exact) mass is 325 g/mol. The molecule has 2 aromatic heterocycles. The predicted molar refractivity (Wildman–Crippen MR) is 74.7 cm³/mol. The van der Waals surface area contributed by atoms with Gasteiger partial charge in [0.2, 0.25) is 0 Å². The lowest BCUT2D eigenvalue weighted by molar-refractivity contribution is 0.0939. The van der Waals surface area contributed by atoms with Gasteiger partial charge in [-0.3, -0.25) is 4.79 Å². The van der Waals surface area contributed by atoms with E-state index in [0.29, 0.717) is 10.2 Å². The highest BCUT2D eigenvalue weighted by Crippen LogP contribution is 2.18. The summed E-state index contributed by atoms with van der Waals surface area (Å²) in [7, 11) is 0. The number of carbonyl (C=O) groups is 1. The summed E-state index contributed by atoms with van der Waals surface area (Å²) in [5, 5.41) is 5.80. The Bertz CT molecular complexity index is 570. The Kier molecular flexibility index (Phi) is 4.08. The van der Waals surface area contributed by atoms with Crippen molar-refractivity contribution in [3.63, 3.8) is 0 Å². The van der Waals surface area contributed by atoms with Crippen LogP contribution in [0.25, 0.3) is 0 Å². The molecule has 0 spiro atoms. The minimum Gasteiger partial charge on any atom is -0.343 e. The number of thiazole rings is 1. The van der Waals surface area contributed by atoms with Crippen molar-refractivity contribution in [3.8, 4) is 0 Å². The Morgan fingerprint density at radius 3 is 2.94 bits per heavy atom. The van der Waals surface area contributed by atoms with Gasteiger partial charge in [0, 0.05) is 22.8 Å². The van der Waals surface area contributed by atoms with E-state index in [1.54, 1.807) is 29.7 Å². The van der Waals surface area contributed by atoms with E-state index in [4.69, 9.17) is 0 Å². The predicted octanol–water partition coefficient (Wildman–Crippen LogP) is 3.10. The van der Waals surface area contributed by atoms with Crippen LogP contribution in [0.1, 0.15) is 34.0 Å². The average molecular weight is 326 g/mol. The van der Waals surface area contributed by atoms with E-state index in [0.717, 1.165) is 10.7 Å². The number of carbonyl (C=O) groups excluding carboxylic acids is 1. The van der Waals surface area contributed by atoms with Gasteiger partial charge in [-0.25, -0.2) is 9.97 Å². The molecule has 4 nitrogen and oxygen atoms in total. The van der Waals surface area contributed by atoms with E-state index in [1.165, 1.54) is 0 Å². The molecule has 2 heterocycles. The lowest BCUT2D eigenvalue weighted by atomic mass is 10.2. The molecule has 1 N–H and O–H groups in total. The molecule has 0 aliphatic rings. The Balaban J connectivity index is 2.08. The van der Waals surface area contributed by atoms with Crippen molar-refractivity contribution in [1.29, 1.82) is 0 Å². The van der Waals surface area contributed by atoms with Gasteiger partial charge in [-0.15, -0.1) is 11.3 Å². The maximum atomic E-state index is 12.0. The second-order valence-electron chi connectivity index (χ2n) is 3.89. The number of aromatic nitrogens is 2. The maximum Gasteiger partial charge on any atom is 0.251 e. The van der Waals surface area contributed by atoms with Gasteiger partial charge >= 0.3 is 0 Å².